The molecule has 45 heavy (non-hydrogen) atoms. The zero-order valence-corrected chi connectivity index (χ0v) is 24.5. The summed E-state index contributed by atoms with van der Waals surface area (Å²) in [7, 11) is 0. The Morgan fingerprint density at radius 2 is 1.56 bits per heavy atom. The second-order valence-corrected chi connectivity index (χ2v) is 11.0. The van der Waals surface area contributed by atoms with E-state index in [1.165, 1.54) is 12.1 Å². The minimum atomic E-state index is -1.12. The average Bonchev–Trinajstić information content (AvgIpc) is 3.53. The van der Waals surface area contributed by atoms with Crippen LogP contribution in [0, 0.1) is 17.5 Å². The molecule has 1 aliphatic carbocycles. The van der Waals surface area contributed by atoms with Crippen LogP contribution in [0.25, 0.3) is 5.69 Å². The molecule has 1 saturated carbocycles. The predicted octanol–water partition coefficient (Wildman–Crippen LogP) is 6.89. The fraction of sp³-hybridized carbons (Fsp3) is 0.286. The molecule has 0 radical (unpaired) electrons. The summed E-state index contributed by atoms with van der Waals surface area (Å²) in [4.78, 5) is 38.6. The Kier molecular flexibility index (Phi) is 10.0. The van der Waals surface area contributed by atoms with E-state index in [9.17, 15) is 18.8 Å². The average molecular weight is 619 g/mol. The first kappa shape index (κ1) is 31.6. The molecule has 1 aliphatic rings. The standard InChI is InChI=1S/C35H33F3N2O5/c36-24-15-13-23(14-16-24)33(42)28-17-18-31(41)40(34(28)39)32-29(37)20-26(21-30(32)38)44-19-7-6-12-27(22-8-2-1-3-9-22)35(43)45-25-10-4-5-11-25/h1-3,8-9,13-18,20-21,25,27H,4-7,10-12,19,39H2/t27-/m0/s1. The third-order valence-electron chi connectivity index (χ3n) is 7.92. The SMILES string of the molecule is Nc1c(C(=O)c2ccc(F)cc2)ccc(=O)n1-c1c(F)cc(OCCCC[C@H](C(=O)OC2CCCC2)c2ccccc2)cc1F. The molecule has 1 atom stereocenters. The Morgan fingerprint density at radius 1 is 0.889 bits per heavy atom. The van der Waals surface area contributed by atoms with E-state index in [2.05, 4.69) is 0 Å². The number of hydrogen-bond donors (Lipinski definition) is 1. The van der Waals surface area contributed by atoms with Crippen LogP contribution in [0.5, 0.6) is 5.75 Å². The van der Waals surface area contributed by atoms with Crippen molar-refractivity contribution in [3.05, 3.63) is 123 Å². The van der Waals surface area contributed by atoms with Crippen LogP contribution < -0.4 is 16.0 Å². The van der Waals surface area contributed by atoms with Gasteiger partial charge < -0.3 is 15.2 Å². The number of esters is 1. The number of ketones is 1. The summed E-state index contributed by atoms with van der Waals surface area (Å²) in [6, 6.07) is 18.1. The Labute approximate surface area is 258 Å². The number of carbonyl (C=O) groups excluding carboxylic acids is 2. The number of benzene rings is 3. The summed E-state index contributed by atoms with van der Waals surface area (Å²) < 4.78 is 55.8. The normalized spacial score (nSPS) is 13.8. The molecule has 0 spiro atoms. The van der Waals surface area contributed by atoms with Gasteiger partial charge in [-0.3, -0.25) is 19.0 Å². The maximum absolute atomic E-state index is 15.3. The minimum absolute atomic E-state index is 0.0382. The summed E-state index contributed by atoms with van der Waals surface area (Å²) >= 11 is 0. The fourth-order valence-corrected chi connectivity index (χ4v) is 5.57. The number of nitrogens with zero attached hydrogens (tertiary/aromatic N) is 1. The van der Waals surface area contributed by atoms with Crippen LogP contribution in [0.15, 0.2) is 83.7 Å². The van der Waals surface area contributed by atoms with Gasteiger partial charge >= 0.3 is 5.97 Å². The number of halogens is 3. The molecule has 2 N–H and O–H groups in total. The first-order chi connectivity index (χ1) is 21.7. The first-order valence-corrected chi connectivity index (χ1v) is 14.9. The van der Waals surface area contributed by atoms with Crippen molar-refractivity contribution in [3.63, 3.8) is 0 Å². The summed E-state index contributed by atoms with van der Waals surface area (Å²) in [6.45, 7) is 0.126. The van der Waals surface area contributed by atoms with Crippen molar-refractivity contribution in [2.75, 3.05) is 12.3 Å². The van der Waals surface area contributed by atoms with Gasteiger partial charge in [0.1, 0.15) is 29.2 Å². The van der Waals surface area contributed by atoms with E-state index in [1.807, 2.05) is 30.3 Å². The molecular weight excluding hydrogens is 585 g/mol. The Bertz CT molecular complexity index is 1690. The van der Waals surface area contributed by atoms with Gasteiger partial charge in [-0.15, -0.1) is 0 Å². The lowest BCUT2D eigenvalue weighted by molar-refractivity contribution is -0.150. The number of nitrogen functional groups attached to an aromatic ring is 1. The van der Waals surface area contributed by atoms with Gasteiger partial charge in [-0.1, -0.05) is 30.3 Å². The summed E-state index contributed by atoms with van der Waals surface area (Å²) in [5.74, 6) is -4.67. The number of anilines is 1. The maximum atomic E-state index is 15.3. The zero-order valence-electron chi connectivity index (χ0n) is 24.5. The van der Waals surface area contributed by atoms with Gasteiger partial charge in [0.25, 0.3) is 5.56 Å². The van der Waals surface area contributed by atoms with Gasteiger partial charge in [0.05, 0.1) is 18.1 Å². The second kappa shape index (κ2) is 14.3. The number of aromatic nitrogens is 1. The first-order valence-electron chi connectivity index (χ1n) is 14.9. The summed E-state index contributed by atoms with van der Waals surface area (Å²) in [5, 5.41) is 0. The molecule has 1 fully saturated rings. The predicted molar refractivity (Wildman–Crippen MR) is 163 cm³/mol. The smallest absolute Gasteiger partial charge is 0.313 e. The van der Waals surface area contributed by atoms with Crippen molar-refractivity contribution in [2.24, 2.45) is 0 Å². The van der Waals surface area contributed by atoms with Crippen LogP contribution >= 0.6 is 0 Å². The van der Waals surface area contributed by atoms with E-state index in [0.717, 1.165) is 67.6 Å². The molecule has 0 bridgehead atoms. The van der Waals surface area contributed by atoms with Crippen LogP contribution in [-0.2, 0) is 9.53 Å². The number of unbranched alkanes of at least 4 members (excludes halogenated alkanes) is 1. The van der Waals surface area contributed by atoms with Crippen LogP contribution in [0.2, 0.25) is 0 Å². The van der Waals surface area contributed by atoms with E-state index in [1.54, 1.807) is 0 Å². The lowest BCUT2D eigenvalue weighted by Gasteiger charge is -2.19. The van der Waals surface area contributed by atoms with Crippen molar-refractivity contribution in [1.29, 1.82) is 0 Å². The van der Waals surface area contributed by atoms with Crippen LogP contribution in [0.1, 0.15) is 72.3 Å². The van der Waals surface area contributed by atoms with Crippen molar-refractivity contribution in [3.8, 4) is 11.4 Å². The molecule has 0 aliphatic heterocycles. The van der Waals surface area contributed by atoms with E-state index >= 15 is 8.78 Å². The van der Waals surface area contributed by atoms with E-state index in [-0.39, 0.29) is 35.6 Å². The minimum Gasteiger partial charge on any atom is -0.493 e. The van der Waals surface area contributed by atoms with Crippen molar-refractivity contribution in [1.82, 2.24) is 4.57 Å². The van der Waals surface area contributed by atoms with Crippen LogP contribution in [0.4, 0.5) is 19.0 Å². The van der Waals surface area contributed by atoms with Gasteiger partial charge in [-0.05, 0) is 80.8 Å². The highest BCUT2D eigenvalue weighted by Gasteiger charge is 2.27. The highest BCUT2D eigenvalue weighted by Crippen LogP contribution is 2.29. The molecule has 234 valence electrons. The molecule has 3 aromatic carbocycles. The highest BCUT2D eigenvalue weighted by atomic mass is 19.1. The number of nitrogens with two attached hydrogens (primary N) is 1. The molecule has 0 saturated heterocycles. The van der Waals surface area contributed by atoms with Gasteiger partial charge in [-0.2, -0.15) is 0 Å². The number of hydrogen-bond acceptors (Lipinski definition) is 6. The van der Waals surface area contributed by atoms with Gasteiger partial charge in [0.15, 0.2) is 17.4 Å². The Balaban J connectivity index is 1.24. The number of ether oxygens (including phenoxy) is 2. The molecule has 5 rings (SSSR count). The third-order valence-corrected chi connectivity index (χ3v) is 7.92. The topological polar surface area (TPSA) is 101 Å². The van der Waals surface area contributed by atoms with Crippen LogP contribution in [-0.4, -0.2) is 29.0 Å². The molecular formula is C35H33F3N2O5. The number of carbonyl (C=O) groups is 2. The van der Waals surface area contributed by atoms with Gasteiger partial charge in [0.2, 0.25) is 0 Å². The molecule has 4 aromatic rings. The molecule has 10 heteroatoms. The lowest BCUT2D eigenvalue weighted by Crippen LogP contribution is -2.25. The summed E-state index contributed by atoms with van der Waals surface area (Å²) in [5.41, 5.74) is 5.24. The monoisotopic (exact) mass is 618 g/mol. The largest absolute Gasteiger partial charge is 0.493 e. The van der Waals surface area contributed by atoms with Crippen molar-refractivity contribution >= 4 is 17.6 Å². The fourth-order valence-electron chi connectivity index (χ4n) is 5.57. The second-order valence-electron chi connectivity index (χ2n) is 11.0. The molecule has 0 amide bonds. The molecule has 7 nitrogen and oxygen atoms in total. The van der Waals surface area contributed by atoms with E-state index < -0.39 is 46.2 Å². The molecule has 1 heterocycles. The van der Waals surface area contributed by atoms with Gasteiger partial charge in [-0.25, -0.2) is 13.2 Å². The van der Waals surface area contributed by atoms with Gasteiger partial charge in [0, 0.05) is 23.8 Å². The number of rotatable bonds is 12. The van der Waals surface area contributed by atoms with E-state index in [0.29, 0.717) is 23.8 Å². The molecule has 1 aromatic heterocycles. The maximum Gasteiger partial charge on any atom is 0.313 e. The van der Waals surface area contributed by atoms with Crippen LogP contribution in [0.3, 0.4) is 0 Å². The van der Waals surface area contributed by atoms with Crippen molar-refractivity contribution in [2.45, 2.75) is 57.0 Å². The molecule has 0 unspecified atom stereocenters. The Hall–Kier alpha value is -4.86. The van der Waals surface area contributed by atoms with Crippen molar-refractivity contribution < 1.29 is 32.2 Å². The van der Waals surface area contributed by atoms with E-state index in [4.69, 9.17) is 15.2 Å². The zero-order chi connectivity index (χ0) is 31.9. The Morgan fingerprint density at radius 3 is 2.22 bits per heavy atom. The highest BCUT2D eigenvalue weighted by molar-refractivity contribution is 6.11. The quantitative estimate of drug-likeness (QED) is 0.106. The lowest BCUT2D eigenvalue weighted by atomic mass is 9.93. The summed E-state index contributed by atoms with van der Waals surface area (Å²) in [6.07, 6.45) is 5.47. The number of pyridine rings is 1. The third kappa shape index (κ3) is 7.45.